The maximum atomic E-state index is 11.3. The average Bonchev–Trinajstić information content (AvgIpc) is 2.70. The van der Waals surface area contributed by atoms with Crippen LogP contribution < -0.4 is 5.32 Å². The van der Waals surface area contributed by atoms with E-state index < -0.39 is 10.8 Å². The monoisotopic (exact) mass is 236 g/mol. The third-order valence-corrected chi connectivity index (χ3v) is 2.62. The van der Waals surface area contributed by atoms with Crippen molar-refractivity contribution in [2.45, 2.75) is 5.16 Å². The summed E-state index contributed by atoms with van der Waals surface area (Å²) in [6.07, 6.45) is 2.88. The lowest BCUT2D eigenvalue weighted by atomic mass is 10.6. The molecule has 16 heavy (non-hydrogen) atoms. The van der Waals surface area contributed by atoms with Crippen molar-refractivity contribution in [1.82, 2.24) is 19.6 Å². The number of nitrogens with zero attached hydrogens (tertiary/aromatic N) is 5. The molecule has 0 saturated heterocycles. The summed E-state index contributed by atoms with van der Waals surface area (Å²) in [5.41, 5.74) is 0.447. The van der Waals surface area contributed by atoms with Crippen molar-refractivity contribution in [3.63, 3.8) is 0 Å². The molecule has 2 aromatic rings. The molecule has 82 valence electrons. The number of aromatic nitrogens is 4. The van der Waals surface area contributed by atoms with Gasteiger partial charge in [0.2, 0.25) is 0 Å². The molecule has 0 spiro atoms. The molecule has 8 heteroatoms. The van der Waals surface area contributed by atoms with Crippen LogP contribution in [0.5, 0.6) is 0 Å². The van der Waals surface area contributed by atoms with Gasteiger partial charge in [0.05, 0.1) is 17.0 Å². The Morgan fingerprint density at radius 1 is 1.62 bits per heavy atom. The van der Waals surface area contributed by atoms with Crippen molar-refractivity contribution in [2.24, 2.45) is 0 Å². The zero-order chi connectivity index (χ0) is 11.7. The van der Waals surface area contributed by atoms with Crippen LogP contribution in [0.15, 0.2) is 11.4 Å². The minimum atomic E-state index is -1.30. The fourth-order valence-corrected chi connectivity index (χ4v) is 1.63. The number of imidazole rings is 1. The van der Waals surface area contributed by atoms with E-state index in [-0.39, 0.29) is 11.0 Å². The summed E-state index contributed by atoms with van der Waals surface area (Å²) in [5, 5.41) is 7.00. The standard InChI is InChI=1S/C8H8N6OS/c1-9-5-4-11-7-6(10-2)12-8(16(3)15)13-14(5)7/h4H,2-3H3,(H,10,12,13). The van der Waals surface area contributed by atoms with E-state index in [9.17, 15) is 4.21 Å². The van der Waals surface area contributed by atoms with Crippen LogP contribution in [0.2, 0.25) is 0 Å². The third-order valence-electron chi connectivity index (χ3n) is 1.93. The van der Waals surface area contributed by atoms with E-state index in [0.717, 1.165) is 0 Å². The van der Waals surface area contributed by atoms with E-state index in [1.165, 1.54) is 17.0 Å². The van der Waals surface area contributed by atoms with Gasteiger partial charge < -0.3 is 10.2 Å². The van der Waals surface area contributed by atoms with Crippen molar-refractivity contribution in [2.75, 3.05) is 18.6 Å². The Balaban J connectivity index is 2.82. The molecule has 2 rings (SSSR count). The molecule has 0 bridgehead atoms. The Labute approximate surface area is 93.8 Å². The van der Waals surface area contributed by atoms with Crippen molar-refractivity contribution in [3.8, 4) is 0 Å². The molecule has 1 unspecified atom stereocenters. The van der Waals surface area contributed by atoms with E-state index in [4.69, 9.17) is 6.57 Å². The molecule has 7 nitrogen and oxygen atoms in total. The molecular weight excluding hydrogens is 228 g/mol. The van der Waals surface area contributed by atoms with Gasteiger partial charge in [-0.05, 0) is 0 Å². The molecule has 0 aliphatic rings. The SMILES string of the molecule is [C-]#[N+]c1cnc2c(NC)nc(S(C)=O)nn12. The summed E-state index contributed by atoms with van der Waals surface area (Å²) in [5.74, 6) is 0.718. The first-order valence-electron chi connectivity index (χ1n) is 4.31. The van der Waals surface area contributed by atoms with Gasteiger partial charge in [-0.3, -0.25) is 4.21 Å². The summed E-state index contributed by atoms with van der Waals surface area (Å²) in [6, 6.07) is 0. The van der Waals surface area contributed by atoms with Crippen LogP contribution in [-0.2, 0) is 10.8 Å². The summed E-state index contributed by atoms with van der Waals surface area (Å²) in [4.78, 5) is 11.3. The lowest BCUT2D eigenvalue weighted by Gasteiger charge is -2.00. The second-order valence-electron chi connectivity index (χ2n) is 2.91. The van der Waals surface area contributed by atoms with Gasteiger partial charge in [0.1, 0.15) is 0 Å². The molecule has 0 fully saturated rings. The molecule has 0 saturated carbocycles. The van der Waals surface area contributed by atoms with Crippen LogP contribution in [0.4, 0.5) is 11.6 Å². The quantitative estimate of drug-likeness (QED) is 0.766. The van der Waals surface area contributed by atoms with Crippen LogP contribution in [0, 0.1) is 6.57 Å². The van der Waals surface area contributed by atoms with E-state index in [0.29, 0.717) is 11.5 Å². The van der Waals surface area contributed by atoms with Gasteiger partial charge in [-0.15, -0.1) is 4.52 Å². The molecule has 0 amide bonds. The van der Waals surface area contributed by atoms with E-state index >= 15 is 0 Å². The molecule has 1 N–H and O–H groups in total. The molecule has 1 atom stereocenters. The fraction of sp³-hybridized carbons (Fsp3) is 0.250. The van der Waals surface area contributed by atoms with Crippen LogP contribution >= 0.6 is 0 Å². The highest BCUT2D eigenvalue weighted by molar-refractivity contribution is 7.84. The zero-order valence-corrected chi connectivity index (χ0v) is 9.45. The number of anilines is 1. The summed E-state index contributed by atoms with van der Waals surface area (Å²) in [6.45, 7) is 6.96. The van der Waals surface area contributed by atoms with Crippen molar-refractivity contribution in [1.29, 1.82) is 0 Å². The average molecular weight is 236 g/mol. The first-order chi connectivity index (χ1) is 7.67. The molecule has 2 heterocycles. The van der Waals surface area contributed by atoms with E-state index in [1.807, 2.05) is 0 Å². The number of hydrogen-bond acceptors (Lipinski definition) is 5. The lowest BCUT2D eigenvalue weighted by Crippen LogP contribution is -2.07. The largest absolute Gasteiger partial charge is 0.368 e. The molecule has 0 aliphatic carbocycles. The Morgan fingerprint density at radius 3 is 2.94 bits per heavy atom. The van der Waals surface area contributed by atoms with Gasteiger partial charge >= 0.3 is 0 Å². The Hall–Kier alpha value is -2.01. The van der Waals surface area contributed by atoms with Crippen LogP contribution in [-0.4, -0.2) is 37.1 Å². The third kappa shape index (κ3) is 1.51. The van der Waals surface area contributed by atoms with E-state index in [2.05, 4.69) is 25.2 Å². The minimum absolute atomic E-state index is 0.166. The predicted octanol–water partition coefficient (Wildman–Crippen LogP) is 0.454. The normalized spacial score (nSPS) is 12.3. The number of nitrogens with one attached hydrogen (secondary N) is 1. The Bertz CT molecular complexity index is 613. The van der Waals surface area contributed by atoms with Crippen LogP contribution in [0.1, 0.15) is 0 Å². The number of hydrogen-bond donors (Lipinski definition) is 1. The Kier molecular flexibility index (Phi) is 2.54. The van der Waals surface area contributed by atoms with Gasteiger partial charge in [0.25, 0.3) is 16.6 Å². The van der Waals surface area contributed by atoms with Crippen LogP contribution in [0.3, 0.4) is 0 Å². The lowest BCUT2D eigenvalue weighted by molar-refractivity contribution is 0.673. The molecular formula is C8H8N6OS. The second-order valence-corrected chi connectivity index (χ2v) is 4.18. The van der Waals surface area contributed by atoms with Crippen molar-refractivity contribution in [3.05, 3.63) is 17.6 Å². The summed E-state index contributed by atoms with van der Waals surface area (Å²) in [7, 11) is 0.372. The fourth-order valence-electron chi connectivity index (χ4n) is 1.22. The second kappa shape index (κ2) is 3.86. The Morgan fingerprint density at radius 2 is 2.38 bits per heavy atom. The molecule has 0 radical (unpaired) electrons. The zero-order valence-electron chi connectivity index (χ0n) is 8.63. The summed E-state index contributed by atoms with van der Waals surface area (Å²) < 4.78 is 12.7. The highest BCUT2D eigenvalue weighted by Crippen LogP contribution is 2.19. The predicted molar refractivity (Wildman–Crippen MR) is 58.9 cm³/mol. The maximum absolute atomic E-state index is 11.3. The van der Waals surface area contributed by atoms with Crippen LogP contribution in [0.25, 0.3) is 10.5 Å². The van der Waals surface area contributed by atoms with Gasteiger partial charge in [0, 0.05) is 13.3 Å². The maximum Gasteiger partial charge on any atom is 0.275 e. The van der Waals surface area contributed by atoms with Crippen molar-refractivity contribution >= 4 is 28.1 Å². The van der Waals surface area contributed by atoms with Gasteiger partial charge in [0.15, 0.2) is 5.82 Å². The van der Waals surface area contributed by atoms with Gasteiger partial charge in [-0.2, -0.15) is 4.98 Å². The van der Waals surface area contributed by atoms with Gasteiger partial charge in [-0.25, -0.2) is 4.98 Å². The van der Waals surface area contributed by atoms with Gasteiger partial charge in [-0.1, -0.05) is 11.7 Å². The first-order valence-corrected chi connectivity index (χ1v) is 5.87. The topological polar surface area (TPSA) is 76.5 Å². The molecule has 0 aromatic carbocycles. The van der Waals surface area contributed by atoms with Crippen molar-refractivity contribution < 1.29 is 4.21 Å². The number of fused-ring (bicyclic) bond motifs is 1. The molecule has 0 aliphatic heterocycles. The van der Waals surface area contributed by atoms with E-state index in [1.54, 1.807) is 7.05 Å². The highest BCUT2D eigenvalue weighted by atomic mass is 32.2. The highest BCUT2D eigenvalue weighted by Gasteiger charge is 2.16. The minimum Gasteiger partial charge on any atom is -0.368 e. The smallest absolute Gasteiger partial charge is 0.275 e. The molecule has 2 aromatic heterocycles. The summed E-state index contributed by atoms with van der Waals surface area (Å²) >= 11 is 0. The number of rotatable bonds is 2. The first kappa shape index (κ1) is 10.5.